The van der Waals surface area contributed by atoms with Crippen LogP contribution in [-0.4, -0.2) is 40.4 Å². The van der Waals surface area contributed by atoms with Crippen LogP contribution in [0.2, 0.25) is 0 Å². The van der Waals surface area contributed by atoms with Gasteiger partial charge in [0, 0.05) is 13.1 Å². The molecule has 0 unspecified atom stereocenters. The molecule has 0 saturated heterocycles. The lowest BCUT2D eigenvalue weighted by Crippen LogP contribution is -2.33. The van der Waals surface area contributed by atoms with Crippen LogP contribution in [0.15, 0.2) is 23.1 Å². The molecule has 2 N–H and O–H groups in total. The van der Waals surface area contributed by atoms with Crippen LogP contribution in [0.25, 0.3) is 0 Å². The fraction of sp³-hybridized carbons (Fsp3) is 0.538. The van der Waals surface area contributed by atoms with Gasteiger partial charge in [-0.1, -0.05) is 6.92 Å². The molecular formula is C13H20N2O3S. The van der Waals surface area contributed by atoms with Crippen molar-refractivity contribution in [3.63, 3.8) is 0 Å². The second kappa shape index (κ2) is 5.79. The third kappa shape index (κ3) is 3.01. The molecule has 106 valence electrons. The Morgan fingerprint density at radius 3 is 2.89 bits per heavy atom. The number of rotatable bonds is 5. The second-order valence-corrected chi connectivity index (χ2v) is 6.68. The average molecular weight is 284 g/mol. The Bertz CT molecular complexity index is 543. The molecule has 1 aromatic carbocycles. The minimum atomic E-state index is -3.29. The van der Waals surface area contributed by atoms with Gasteiger partial charge in [-0.2, -0.15) is 0 Å². The summed E-state index contributed by atoms with van der Waals surface area (Å²) in [6, 6.07) is 5.04. The highest BCUT2D eigenvalue weighted by Gasteiger charge is 2.21. The molecule has 1 aromatic rings. The maximum Gasteiger partial charge on any atom is 0.179 e. The summed E-state index contributed by atoms with van der Waals surface area (Å²) in [7, 11) is -3.29. The lowest BCUT2D eigenvalue weighted by Gasteiger charge is -2.31. The van der Waals surface area contributed by atoms with E-state index in [9.17, 15) is 8.42 Å². The minimum absolute atomic E-state index is 0.0274. The monoisotopic (exact) mass is 284 g/mol. The molecule has 0 saturated carbocycles. The van der Waals surface area contributed by atoms with Crippen molar-refractivity contribution in [2.75, 3.05) is 36.9 Å². The van der Waals surface area contributed by atoms with Crippen LogP contribution in [-0.2, 0) is 9.84 Å². The van der Waals surface area contributed by atoms with Crippen molar-refractivity contribution in [1.82, 2.24) is 0 Å². The normalized spacial score (nSPS) is 14.9. The van der Waals surface area contributed by atoms with E-state index in [0.29, 0.717) is 11.5 Å². The summed E-state index contributed by atoms with van der Waals surface area (Å²) in [5.74, 6) is 0.729. The number of nitrogens with two attached hydrogens (primary N) is 1. The first-order valence-electron chi connectivity index (χ1n) is 6.53. The molecule has 5 nitrogen and oxygen atoms in total. The van der Waals surface area contributed by atoms with E-state index in [1.807, 2.05) is 0 Å². The molecule has 0 bridgehead atoms. The molecule has 0 fully saturated rings. The zero-order valence-corrected chi connectivity index (χ0v) is 11.9. The number of anilines is 1. The summed E-state index contributed by atoms with van der Waals surface area (Å²) in [6.45, 7) is 4.57. The van der Waals surface area contributed by atoms with Gasteiger partial charge in [0.2, 0.25) is 0 Å². The number of benzene rings is 1. The topological polar surface area (TPSA) is 72.6 Å². The molecule has 0 radical (unpaired) electrons. The summed E-state index contributed by atoms with van der Waals surface area (Å²) >= 11 is 0. The number of ether oxygens (including phenoxy) is 1. The first kappa shape index (κ1) is 14.1. The van der Waals surface area contributed by atoms with Crippen molar-refractivity contribution in [1.29, 1.82) is 0 Å². The first-order chi connectivity index (χ1) is 9.08. The summed E-state index contributed by atoms with van der Waals surface area (Å²) in [5, 5.41) is 0. The molecule has 1 aliphatic heterocycles. The van der Waals surface area contributed by atoms with Gasteiger partial charge in [-0.05, 0) is 24.6 Å². The summed E-state index contributed by atoms with van der Waals surface area (Å²) in [5.41, 5.74) is 6.22. The van der Waals surface area contributed by atoms with E-state index in [1.165, 1.54) is 0 Å². The zero-order valence-electron chi connectivity index (χ0n) is 11.1. The van der Waals surface area contributed by atoms with Crippen LogP contribution in [0.4, 0.5) is 5.69 Å². The lowest BCUT2D eigenvalue weighted by molar-refractivity contribution is 0.307. The van der Waals surface area contributed by atoms with Crippen molar-refractivity contribution in [2.24, 2.45) is 5.73 Å². The Morgan fingerprint density at radius 1 is 1.42 bits per heavy atom. The standard InChI is InChI=1S/C13H20N2O3S/c1-2-6-15-7-8-18-13-4-3-11(10-12(13)15)19(16,17)9-5-14/h3-4,10H,2,5-9,14H2,1H3. The predicted molar refractivity (Wildman–Crippen MR) is 75.5 cm³/mol. The van der Waals surface area contributed by atoms with Crippen molar-refractivity contribution < 1.29 is 13.2 Å². The van der Waals surface area contributed by atoms with Gasteiger partial charge in [0.05, 0.1) is 22.9 Å². The molecule has 2 rings (SSSR count). The van der Waals surface area contributed by atoms with Gasteiger partial charge >= 0.3 is 0 Å². The van der Waals surface area contributed by atoms with E-state index >= 15 is 0 Å². The van der Waals surface area contributed by atoms with Crippen LogP contribution in [0.5, 0.6) is 5.75 Å². The fourth-order valence-electron chi connectivity index (χ4n) is 2.22. The number of hydrogen-bond donors (Lipinski definition) is 1. The van der Waals surface area contributed by atoms with E-state index in [2.05, 4.69) is 11.8 Å². The molecule has 19 heavy (non-hydrogen) atoms. The van der Waals surface area contributed by atoms with Crippen LogP contribution in [0.1, 0.15) is 13.3 Å². The summed E-state index contributed by atoms with van der Waals surface area (Å²) in [6.07, 6.45) is 1.01. The van der Waals surface area contributed by atoms with Gasteiger partial charge in [0.15, 0.2) is 9.84 Å². The van der Waals surface area contributed by atoms with Crippen LogP contribution in [0.3, 0.4) is 0 Å². The second-order valence-electron chi connectivity index (χ2n) is 4.57. The highest BCUT2D eigenvalue weighted by molar-refractivity contribution is 7.91. The summed E-state index contributed by atoms with van der Waals surface area (Å²) in [4.78, 5) is 2.49. The SMILES string of the molecule is CCCN1CCOc2ccc(S(=O)(=O)CCN)cc21. The quantitative estimate of drug-likeness (QED) is 0.874. The van der Waals surface area contributed by atoms with Crippen molar-refractivity contribution in [3.05, 3.63) is 18.2 Å². The highest BCUT2D eigenvalue weighted by Crippen LogP contribution is 2.34. The van der Waals surface area contributed by atoms with E-state index in [-0.39, 0.29) is 12.3 Å². The van der Waals surface area contributed by atoms with Crippen molar-refractivity contribution in [3.8, 4) is 5.75 Å². The average Bonchev–Trinajstić information content (AvgIpc) is 2.39. The van der Waals surface area contributed by atoms with Gasteiger partial charge < -0.3 is 15.4 Å². The Balaban J connectivity index is 2.38. The van der Waals surface area contributed by atoms with Gasteiger partial charge in [0.25, 0.3) is 0 Å². The van der Waals surface area contributed by atoms with Gasteiger partial charge in [-0.15, -0.1) is 0 Å². The number of sulfone groups is 1. The molecule has 6 heteroatoms. The molecule has 0 aliphatic carbocycles. The Morgan fingerprint density at radius 2 is 2.21 bits per heavy atom. The van der Waals surface area contributed by atoms with Crippen LogP contribution in [0, 0.1) is 0 Å². The van der Waals surface area contributed by atoms with Crippen molar-refractivity contribution >= 4 is 15.5 Å². The van der Waals surface area contributed by atoms with Gasteiger partial charge in [-0.3, -0.25) is 0 Å². The predicted octanol–water partition coefficient (Wildman–Crippen LogP) is 1.03. The third-order valence-corrected chi connectivity index (χ3v) is 4.87. The number of hydrogen-bond acceptors (Lipinski definition) is 5. The zero-order chi connectivity index (χ0) is 13.9. The molecule has 1 aliphatic rings. The number of nitrogens with zero attached hydrogens (tertiary/aromatic N) is 1. The van der Waals surface area contributed by atoms with Gasteiger partial charge in [0.1, 0.15) is 12.4 Å². The Labute approximate surface area is 114 Å². The number of fused-ring (bicyclic) bond motifs is 1. The molecular weight excluding hydrogens is 264 g/mol. The maximum absolute atomic E-state index is 12.0. The lowest BCUT2D eigenvalue weighted by atomic mass is 10.2. The van der Waals surface area contributed by atoms with E-state index in [1.54, 1.807) is 18.2 Å². The maximum atomic E-state index is 12.0. The van der Waals surface area contributed by atoms with E-state index in [0.717, 1.165) is 30.9 Å². The summed E-state index contributed by atoms with van der Waals surface area (Å²) < 4.78 is 29.7. The largest absolute Gasteiger partial charge is 0.490 e. The van der Waals surface area contributed by atoms with Crippen LogP contribution >= 0.6 is 0 Å². The Hall–Kier alpha value is -1.27. The first-order valence-corrected chi connectivity index (χ1v) is 8.18. The molecule has 0 atom stereocenters. The molecule has 0 spiro atoms. The van der Waals surface area contributed by atoms with E-state index < -0.39 is 9.84 Å². The smallest absolute Gasteiger partial charge is 0.179 e. The van der Waals surface area contributed by atoms with Crippen molar-refractivity contribution in [2.45, 2.75) is 18.2 Å². The molecule has 0 aromatic heterocycles. The molecule has 0 amide bonds. The third-order valence-electron chi connectivity index (χ3n) is 3.13. The van der Waals surface area contributed by atoms with E-state index in [4.69, 9.17) is 10.5 Å². The highest BCUT2D eigenvalue weighted by atomic mass is 32.2. The fourth-order valence-corrected chi connectivity index (χ4v) is 3.33. The molecule has 1 heterocycles. The van der Waals surface area contributed by atoms with Gasteiger partial charge in [-0.25, -0.2) is 8.42 Å². The Kier molecular flexibility index (Phi) is 4.31. The minimum Gasteiger partial charge on any atom is -0.490 e. The van der Waals surface area contributed by atoms with Crippen LogP contribution < -0.4 is 15.4 Å².